The van der Waals surface area contributed by atoms with Crippen LogP contribution in [0.3, 0.4) is 0 Å². The van der Waals surface area contributed by atoms with E-state index in [4.69, 9.17) is 0 Å². The SMILES string of the molecule is Cn1c(CNC(=O)[C@@H]2CC(F)(F)CN2C2CN(C(=O)C3CC3)C2)nc2ccccc21. The highest BCUT2D eigenvalue weighted by atomic mass is 19.3. The van der Waals surface area contributed by atoms with Crippen LogP contribution in [0.5, 0.6) is 0 Å². The van der Waals surface area contributed by atoms with Crippen molar-refractivity contribution in [2.75, 3.05) is 19.6 Å². The first-order chi connectivity index (χ1) is 14.3. The highest BCUT2D eigenvalue weighted by molar-refractivity contribution is 5.83. The summed E-state index contributed by atoms with van der Waals surface area (Å²) in [4.78, 5) is 32.8. The summed E-state index contributed by atoms with van der Waals surface area (Å²) in [6.07, 6.45) is 1.36. The zero-order valence-corrected chi connectivity index (χ0v) is 16.9. The van der Waals surface area contributed by atoms with E-state index in [1.807, 2.05) is 35.9 Å². The van der Waals surface area contributed by atoms with Gasteiger partial charge in [-0.25, -0.2) is 13.8 Å². The summed E-state index contributed by atoms with van der Waals surface area (Å²) in [6, 6.07) is 6.57. The Hall–Kier alpha value is -2.55. The topological polar surface area (TPSA) is 70.5 Å². The van der Waals surface area contributed by atoms with Crippen LogP contribution in [-0.4, -0.2) is 68.8 Å². The summed E-state index contributed by atoms with van der Waals surface area (Å²) < 4.78 is 30.2. The van der Waals surface area contributed by atoms with Gasteiger partial charge in [0.2, 0.25) is 11.8 Å². The number of halogens is 2. The van der Waals surface area contributed by atoms with Crippen molar-refractivity contribution < 1.29 is 18.4 Å². The average Bonchev–Trinajstić information content (AvgIpc) is 3.41. The number of hydrogen-bond donors (Lipinski definition) is 1. The lowest BCUT2D eigenvalue weighted by Gasteiger charge is -2.45. The maximum atomic E-state index is 14.2. The molecule has 3 heterocycles. The first kappa shape index (κ1) is 19.4. The zero-order chi connectivity index (χ0) is 21.0. The summed E-state index contributed by atoms with van der Waals surface area (Å²) in [7, 11) is 1.87. The van der Waals surface area contributed by atoms with E-state index in [2.05, 4.69) is 10.3 Å². The fourth-order valence-electron chi connectivity index (χ4n) is 4.54. The van der Waals surface area contributed by atoms with Crippen LogP contribution in [0.25, 0.3) is 11.0 Å². The number of nitrogens with one attached hydrogen (secondary N) is 1. The number of imidazole rings is 1. The normalized spacial score (nSPS) is 24.2. The Bertz CT molecular complexity index is 996. The second kappa shape index (κ2) is 7.01. The van der Waals surface area contributed by atoms with Crippen LogP contribution in [0.15, 0.2) is 24.3 Å². The van der Waals surface area contributed by atoms with Gasteiger partial charge in [-0.1, -0.05) is 12.1 Å². The number of carbonyl (C=O) groups is 2. The number of nitrogens with zero attached hydrogens (tertiary/aromatic N) is 4. The van der Waals surface area contributed by atoms with Gasteiger partial charge in [0.25, 0.3) is 5.92 Å². The van der Waals surface area contributed by atoms with Crippen LogP contribution in [0, 0.1) is 5.92 Å². The third-order valence-corrected chi connectivity index (χ3v) is 6.48. The Morgan fingerprint density at radius 3 is 2.67 bits per heavy atom. The first-order valence-electron chi connectivity index (χ1n) is 10.4. The van der Waals surface area contributed by atoms with Gasteiger partial charge in [-0.15, -0.1) is 0 Å². The van der Waals surface area contributed by atoms with Gasteiger partial charge in [0.1, 0.15) is 5.82 Å². The summed E-state index contributed by atoms with van der Waals surface area (Å²) in [5.74, 6) is -2.39. The van der Waals surface area contributed by atoms with E-state index in [0.717, 1.165) is 23.9 Å². The van der Waals surface area contributed by atoms with Gasteiger partial charge >= 0.3 is 0 Å². The fourth-order valence-corrected chi connectivity index (χ4v) is 4.54. The fraction of sp³-hybridized carbons (Fsp3) is 0.571. The van der Waals surface area contributed by atoms with E-state index >= 15 is 0 Å². The van der Waals surface area contributed by atoms with E-state index in [1.165, 1.54) is 0 Å². The van der Waals surface area contributed by atoms with E-state index in [0.29, 0.717) is 18.9 Å². The molecule has 1 aromatic heterocycles. The number of hydrogen-bond acceptors (Lipinski definition) is 4. The molecule has 2 aliphatic heterocycles. The molecule has 30 heavy (non-hydrogen) atoms. The van der Waals surface area contributed by atoms with Crippen molar-refractivity contribution in [3.63, 3.8) is 0 Å². The van der Waals surface area contributed by atoms with E-state index < -0.39 is 30.8 Å². The Morgan fingerprint density at radius 1 is 1.23 bits per heavy atom. The minimum atomic E-state index is -2.90. The molecule has 1 saturated carbocycles. The molecule has 3 aliphatic rings. The molecule has 7 nitrogen and oxygen atoms in total. The van der Waals surface area contributed by atoms with Crippen molar-refractivity contribution in [3.8, 4) is 0 Å². The Labute approximate surface area is 173 Å². The second-order valence-corrected chi connectivity index (χ2v) is 8.71. The zero-order valence-electron chi connectivity index (χ0n) is 16.9. The molecule has 1 aliphatic carbocycles. The van der Waals surface area contributed by atoms with Crippen molar-refractivity contribution in [2.45, 2.75) is 43.8 Å². The van der Waals surface area contributed by atoms with Gasteiger partial charge in [-0.05, 0) is 25.0 Å². The van der Waals surface area contributed by atoms with Crippen LogP contribution < -0.4 is 5.32 Å². The van der Waals surface area contributed by atoms with Gasteiger partial charge in [0.15, 0.2) is 0 Å². The number of alkyl halides is 2. The Morgan fingerprint density at radius 2 is 1.97 bits per heavy atom. The lowest BCUT2D eigenvalue weighted by Crippen LogP contribution is -2.64. The quantitative estimate of drug-likeness (QED) is 0.801. The Balaban J connectivity index is 1.24. The smallest absolute Gasteiger partial charge is 0.262 e. The number of likely N-dealkylation sites (tertiary alicyclic amines) is 2. The van der Waals surface area contributed by atoms with Crippen LogP contribution in [-0.2, 0) is 23.2 Å². The molecule has 1 atom stereocenters. The summed E-state index contributed by atoms with van der Waals surface area (Å²) in [6.45, 7) is 0.601. The highest BCUT2D eigenvalue weighted by Crippen LogP contribution is 2.37. The molecule has 1 aromatic carbocycles. The van der Waals surface area contributed by atoms with E-state index in [1.54, 1.807) is 9.80 Å². The van der Waals surface area contributed by atoms with Crippen LogP contribution in [0.2, 0.25) is 0 Å². The molecule has 0 unspecified atom stereocenters. The minimum Gasteiger partial charge on any atom is -0.348 e. The lowest BCUT2D eigenvalue weighted by molar-refractivity contribution is -0.141. The molecule has 160 valence electrons. The number of aromatic nitrogens is 2. The maximum Gasteiger partial charge on any atom is 0.262 e. The number of benzene rings is 1. The van der Waals surface area contributed by atoms with Crippen molar-refractivity contribution in [2.24, 2.45) is 13.0 Å². The number of amides is 2. The molecule has 5 rings (SSSR count). The summed E-state index contributed by atoms with van der Waals surface area (Å²) in [5, 5.41) is 2.80. The number of para-hydroxylation sites is 2. The van der Waals surface area contributed by atoms with Gasteiger partial charge in [-0.2, -0.15) is 0 Å². The number of aryl methyl sites for hydroxylation is 1. The molecule has 2 amide bonds. The molecule has 0 radical (unpaired) electrons. The first-order valence-corrected chi connectivity index (χ1v) is 10.4. The molecule has 2 saturated heterocycles. The lowest BCUT2D eigenvalue weighted by atomic mass is 10.0. The number of fused-ring (bicyclic) bond motifs is 1. The molecule has 9 heteroatoms. The largest absolute Gasteiger partial charge is 0.348 e. The van der Waals surface area contributed by atoms with Crippen molar-refractivity contribution in [1.29, 1.82) is 0 Å². The second-order valence-electron chi connectivity index (χ2n) is 8.71. The van der Waals surface area contributed by atoms with Gasteiger partial charge in [0, 0.05) is 38.5 Å². The third kappa shape index (κ3) is 3.45. The molecule has 0 spiro atoms. The molecular weight excluding hydrogens is 392 g/mol. The highest BCUT2D eigenvalue weighted by Gasteiger charge is 2.53. The monoisotopic (exact) mass is 417 g/mol. The maximum absolute atomic E-state index is 14.2. The van der Waals surface area contributed by atoms with Crippen molar-refractivity contribution in [3.05, 3.63) is 30.1 Å². The molecule has 2 aromatic rings. The molecule has 3 fully saturated rings. The van der Waals surface area contributed by atoms with E-state index in [9.17, 15) is 18.4 Å². The Kier molecular flexibility index (Phi) is 4.53. The van der Waals surface area contributed by atoms with E-state index in [-0.39, 0.29) is 24.4 Å². The van der Waals surface area contributed by atoms with Crippen LogP contribution in [0.4, 0.5) is 8.78 Å². The molecule has 1 N–H and O–H groups in total. The molecule has 0 bridgehead atoms. The minimum absolute atomic E-state index is 0.123. The summed E-state index contributed by atoms with van der Waals surface area (Å²) >= 11 is 0. The van der Waals surface area contributed by atoms with Crippen molar-refractivity contribution >= 4 is 22.8 Å². The molecular formula is C21H25F2N5O2. The van der Waals surface area contributed by atoms with Gasteiger partial charge in [-0.3, -0.25) is 14.5 Å². The van der Waals surface area contributed by atoms with Gasteiger partial charge in [0.05, 0.1) is 30.2 Å². The van der Waals surface area contributed by atoms with Crippen LogP contribution in [0.1, 0.15) is 25.1 Å². The number of rotatable bonds is 5. The number of carbonyl (C=O) groups excluding carboxylic acids is 2. The third-order valence-electron chi connectivity index (χ3n) is 6.48. The standard InChI is InChI=1S/C21H25F2N5O2/c1-26-16-5-3-2-4-15(16)25-18(26)9-24-19(29)17-8-21(22,23)12-28(17)14-10-27(11-14)20(30)13-6-7-13/h2-5,13-14,17H,6-12H2,1H3,(H,24,29)/t17-/m0/s1. The van der Waals surface area contributed by atoms with Gasteiger partial charge < -0.3 is 14.8 Å². The van der Waals surface area contributed by atoms with Crippen LogP contribution >= 0.6 is 0 Å². The predicted octanol–water partition coefficient (Wildman–Crippen LogP) is 1.52. The average molecular weight is 417 g/mol. The predicted molar refractivity (Wildman–Crippen MR) is 106 cm³/mol. The van der Waals surface area contributed by atoms with Crippen molar-refractivity contribution in [1.82, 2.24) is 24.7 Å². The summed E-state index contributed by atoms with van der Waals surface area (Å²) in [5.41, 5.74) is 1.78.